The zero-order valence-electron chi connectivity index (χ0n) is 13.7. The van der Waals surface area contributed by atoms with Crippen molar-refractivity contribution in [2.24, 2.45) is 0 Å². The van der Waals surface area contributed by atoms with Gasteiger partial charge in [-0.05, 0) is 19.7 Å². The van der Waals surface area contributed by atoms with Gasteiger partial charge in [0.25, 0.3) is 0 Å². The molecule has 6 heteroatoms. The summed E-state index contributed by atoms with van der Waals surface area (Å²) in [5, 5.41) is 3.00. The van der Waals surface area contributed by atoms with Gasteiger partial charge in [0.15, 0.2) is 11.6 Å². The molecule has 1 aromatic carbocycles. The average Bonchev–Trinajstić information content (AvgIpc) is 2.97. The largest absolute Gasteiger partial charge is 0.436 e. The van der Waals surface area contributed by atoms with Crippen molar-refractivity contribution in [2.45, 2.75) is 6.42 Å². The number of nitrogens with one attached hydrogen (secondary N) is 1. The highest BCUT2D eigenvalue weighted by Gasteiger charge is 2.31. The first-order chi connectivity index (χ1) is 11.5. The zero-order chi connectivity index (χ0) is 17.1. The van der Waals surface area contributed by atoms with E-state index in [1.54, 1.807) is 0 Å². The molecule has 0 bridgehead atoms. The van der Waals surface area contributed by atoms with Gasteiger partial charge in [0.05, 0.1) is 5.70 Å². The maximum absolute atomic E-state index is 12.5. The lowest BCUT2D eigenvalue weighted by atomic mass is 10.0. The molecule has 1 aliphatic carbocycles. The molecule has 0 unspecified atom stereocenters. The molecule has 0 saturated heterocycles. The fourth-order valence-corrected chi connectivity index (χ4v) is 2.47. The average molecular weight is 325 g/mol. The zero-order valence-corrected chi connectivity index (χ0v) is 13.7. The van der Waals surface area contributed by atoms with Crippen molar-refractivity contribution in [2.75, 3.05) is 27.2 Å². The second-order valence-electron chi connectivity index (χ2n) is 5.93. The van der Waals surface area contributed by atoms with Gasteiger partial charge in [0.2, 0.25) is 17.3 Å². The number of carbonyl (C=O) groups excluding carboxylic acids is 2. The second kappa shape index (κ2) is 6.80. The molecule has 1 aliphatic rings. The summed E-state index contributed by atoms with van der Waals surface area (Å²) in [6.07, 6.45) is 1.73. The van der Waals surface area contributed by atoms with Gasteiger partial charge in [0.1, 0.15) is 0 Å². The van der Waals surface area contributed by atoms with Crippen molar-refractivity contribution in [3.63, 3.8) is 0 Å². The molecule has 1 N–H and O–H groups in total. The highest BCUT2D eigenvalue weighted by atomic mass is 16.4. The summed E-state index contributed by atoms with van der Waals surface area (Å²) in [4.78, 5) is 30.9. The molecule has 24 heavy (non-hydrogen) atoms. The number of ketones is 2. The first-order valence-corrected chi connectivity index (χ1v) is 7.77. The Kier molecular flexibility index (Phi) is 4.57. The number of likely N-dealkylation sites (N-methyl/N-ethyl adjacent to an activating group) is 1. The normalized spacial score (nSPS) is 13.9. The van der Waals surface area contributed by atoms with E-state index in [0.29, 0.717) is 18.9 Å². The summed E-state index contributed by atoms with van der Waals surface area (Å²) in [5.74, 6) is -0.227. The van der Waals surface area contributed by atoms with Gasteiger partial charge >= 0.3 is 0 Å². The number of Topliss-reactive ketones (excluding diaryl/α,β-unsaturated/α-hetero) is 1. The summed E-state index contributed by atoms with van der Waals surface area (Å²) >= 11 is 0. The molecule has 0 amide bonds. The van der Waals surface area contributed by atoms with E-state index in [9.17, 15) is 9.59 Å². The Morgan fingerprint density at radius 2 is 1.92 bits per heavy atom. The van der Waals surface area contributed by atoms with Crippen LogP contribution in [0.5, 0.6) is 0 Å². The van der Waals surface area contributed by atoms with Gasteiger partial charge in [0, 0.05) is 25.6 Å². The van der Waals surface area contributed by atoms with E-state index in [2.05, 4.69) is 10.3 Å². The Hall–Kier alpha value is -2.73. The van der Waals surface area contributed by atoms with E-state index in [-0.39, 0.29) is 28.7 Å². The van der Waals surface area contributed by atoms with Crippen LogP contribution in [-0.4, -0.2) is 48.6 Å². The number of hydrogen-bond acceptors (Lipinski definition) is 6. The van der Waals surface area contributed by atoms with Crippen LogP contribution < -0.4 is 5.32 Å². The molecule has 0 aliphatic heterocycles. The quantitative estimate of drug-likeness (QED) is 0.871. The highest BCUT2D eigenvalue weighted by molar-refractivity contribution is 6.22. The highest BCUT2D eigenvalue weighted by Crippen LogP contribution is 2.22. The van der Waals surface area contributed by atoms with Crippen LogP contribution >= 0.6 is 0 Å². The summed E-state index contributed by atoms with van der Waals surface area (Å²) in [5.41, 5.74) is 1.38. The van der Waals surface area contributed by atoms with Gasteiger partial charge in [-0.1, -0.05) is 30.3 Å². The molecule has 0 saturated carbocycles. The molecular formula is C18H19N3O3. The molecule has 2 aromatic rings. The minimum atomic E-state index is -0.330. The third kappa shape index (κ3) is 3.44. The topological polar surface area (TPSA) is 75.4 Å². The van der Waals surface area contributed by atoms with Crippen molar-refractivity contribution in [1.29, 1.82) is 0 Å². The Morgan fingerprint density at radius 3 is 2.62 bits per heavy atom. The number of benzene rings is 1. The third-order valence-electron chi connectivity index (χ3n) is 3.70. The van der Waals surface area contributed by atoms with E-state index >= 15 is 0 Å². The van der Waals surface area contributed by atoms with E-state index in [1.165, 1.54) is 6.08 Å². The maximum Gasteiger partial charge on any atom is 0.231 e. The van der Waals surface area contributed by atoms with Crippen LogP contribution in [0.1, 0.15) is 32.5 Å². The minimum absolute atomic E-state index is 0.0316. The van der Waals surface area contributed by atoms with Crippen LogP contribution in [0.4, 0.5) is 0 Å². The Bertz CT molecular complexity index is 791. The van der Waals surface area contributed by atoms with Crippen molar-refractivity contribution >= 4 is 11.6 Å². The first kappa shape index (κ1) is 16.1. The number of nitrogens with zero attached hydrogens (tertiary/aromatic N) is 2. The predicted octanol–water partition coefficient (Wildman–Crippen LogP) is 1.68. The number of rotatable bonds is 6. The van der Waals surface area contributed by atoms with E-state index in [0.717, 1.165) is 12.1 Å². The molecule has 3 rings (SSSR count). The van der Waals surface area contributed by atoms with Crippen LogP contribution in [0.2, 0.25) is 0 Å². The summed E-state index contributed by atoms with van der Waals surface area (Å²) in [6, 6.07) is 9.65. The van der Waals surface area contributed by atoms with E-state index < -0.39 is 0 Å². The lowest BCUT2D eigenvalue weighted by Gasteiger charge is -2.14. The molecule has 0 spiro atoms. The Balaban J connectivity index is 1.77. The molecule has 124 valence electrons. The van der Waals surface area contributed by atoms with Gasteiger partial charge in [-0.25, -0.2) is 4.98 Å². The van der Waals surface area contributed by atoms with Crippen LogP contribution in [-0.2, 0) is 6.42 Å². The van der Waals surface area contributed by atoms with E-state index in [4.69, 9.17) is 4.42 Å². The van der Waals surface area contributed by atoms with Crippen molar-refractivity contribution in [3.05, 3.63) is 65.0 Å². The van der Waals surface area contributed by atoms with Crippen molar-refractivity contribution in [1.82, 2.24) is 15.2 Å². The monoisotopic (exact) mass is 325 g/mol. The molecule has 0 fully saturated rings. The molecule has 1 heterocycles. The number of fused-ring (bicyclic) bond motifs is 1. The van der Waals surface area contributed by atoms with Gasteiger partial charge < -0.3 is 14.6 Å². The molecule has 0 radical (unpaired) electrons. The first-order valence-electron chi connectivity index (χ1n) is 7.77. The lowest BCUT2D eigenvalue weighted by Crippen LogP contribution is -2.31. The standard InChI is InChI=1S/C18H19N3O3/c1-21(2)9-8-19-13-11-14(22)18-16(17(13)23)20-15(24-18)10-12-6-4-3-5-7-12/h3-7,11,19H,8-10H2,1-2H3. The third-order valence-corrected chi connectivity index (χ3v) is 3.70. The number of aromatic nitrogens is 1. The van der Waals surface area contributed by atoms with Crippen LogP contribution in [0.15, 0.2) is 46.5 Å². The van der Waals surface area contributed by atoms with Crippen molar-refractivity contribution in [3.8, 4) is 0 Å². The smallest absolute Gasteiger partial charge is 0.231 e. The lowest BCUT2D eigenvalue weighted by molar-refractivity contribution is 0.0959. The Labute approximate surface area is 140 Å². The second-order valence-corrected chi connectivity index (χ2v) is 5.93. The van der Waals surface area contributed by atoms with Crippen LogP contribution in [0.3, 0.4) is 0 Å². The summed E-state index contributed by atoms with van der Waals surface area (Å²) in [7, 11) is 3.88. The SMILES string of the molecule is CN(C)CCNC1=CC(=O)c2oc(Cc3ccccc3)nc2C1=O. The van der Waals surface area contributed by atoms with Gasteiger partial charge in [-0.2, -0.15) is 0 Å². The molecular weight excluding hydrogens is 306 g/mol. The van der Waals surface area contributed by atoms with Crippen LogP contribution in [0.25, 0.3) is 0 Å². The predicted molar refractivity (Wildman–Crippen MR) is 89.1 cm³/mol. The fraction of sp³-hybridized carbons (Fsp3) is 0.278. The summed E-state index contributed by atoms with van der Waals surface area (Å²) in [6.45, 7) is 1.33. The number of oxazole rings is 1. The molecule has 0 atom stereocenters. The van der Waals surface area contributed by atoms with Gasteiger partial charge in [-0.15, -0.1) is 0 Å². The maximum atomic E-state index is 12.5. The number of hydrogen-bond donors (Lipinski definition) is 1. The van der Waals surface area contributed by atoms with E-state index in [1.807, 2.05) is 49.3 Å². The van der Waals surface area contributed by atoms with Gasteiger partial charge in [-0.3, -0.25) is 9.59 Å². The molecule has 6 nitrogen and oxygen atoms in total. The minimum Gasteiger partial charge on any atom is -0.436 e. The van der Waals surface area contributed by atoms with Crippen LogP contribution in [0, 0.1) is 0 Å². The molecule has 1 aromatic heterocycles. The number of allylic oxidation sites excluding steroid dienone is 2. The summed E-state index contributed by atoms with van der Waals surface area (Å²) < 4.78 is 5.52. The Morgan fingerprint density at radius 1 is 1.17 bits per heavy atom. The number of carbonyl (C=O) groups is 2. The fourth-order valence-electron chi connectivity index (χ4n) is 2.47. The van der Waals surface area contributed by atoms with Crippen molar-refractivity contribution < 1.29 is 14.0 Å².